The predicted octanol–water partition coefficient (Wildman–Crippen LogP) is 3.66. The number of nitrogens with one attached hydrogen (secondary N) is 2. The molecule has 3 heterocycles. The van der Waals surface area contributed by atoms with Gasteiger partial charge in [-0.25, -0.2) is 9.97 Å². The Morgan fingerprint density at radius 1 is 1.26 bits per heavy atom. The molecule has 6 nitrogen and oxygen atoms in total. The summed E-state index contributed by atoms with van der Waals surface area (Å²) in [5.74, 6) is 0.717. The van der Waals surface area contributed by atoms with Gasteiger partial charge in [-0.15, -0.1) is 11.3 Å². The van der Waals surface area contributed by atoms with Crippen molar-refractivity contribution in [1.82, 2.24) is 15.3 Å². The van der Waals surface area contributed by atoms with Gasteiger partial charge >= 0.3 is 0 Å². The second-order valence-electron chi connectivity index (χ2n) is 7.37. The minimum Gasteiger partial charge on any atom is -0.384 e. The van der Waals surface area contributed by atoms with Crippen molar-refractivity contribution in [2.75, 3.05) is 19.1 Å². The normalized spacial score (nSPS) is 14.2. The van der Waals surface area contributed by atoms with Crippen LogP contribution in [0.15, 0.2) is 35.7 Å². The van der Waals surface area contributed by atoms with Crippen LogP contribution in [0.5, 0.6) is 0 Å². The minimum absolute atomic E-state index is 0.0703. The Hall–Kier alpha value is -2.35. The Balaban J connectivity index is 1.56. The molecule has 0 spiro atoms. The standard InChI is InChI=1S/C20H23N5OS/c1-20(2,11-26-3)17-7-16-18(22-12-23-19(16)27-17)25-24-8-13-4-5-14-9-21-10-15(14)6-13/h4-8,12,21H,9-11H2,1-3H3,(H,22,23,25)/b24-8+. The number of aromatic nitrogens is 2. The summed E-state index contributed by atoms with van der Waals surface area (Å²) in [4.78, 5) is 10.9. The molecule has 0 fully saturated rings. The number of ether oxygens (including phenoxy) is 1. The van der Waals surface area contributed by atoms with E-state index in [4.69, 9.17) is 4.74 Å². The number of hydrogen-bond donors (Lipinski definition) is 2. The zero-order valence-corrected chi connectivity index (χ0v) is 16.6. The van der Waals surface area contributed by atoms with Crippen molar-refractivity contribution in [3.05, 3.63) is 52.2 Å². The van der Waals surface area contributed by atoms with E-state index in [2.05, 4.69) is 63.9 Å². The first kappa shape index (κ1) is 18.0. The maximum Gasteiger partial charge on any atom is 0.158 e. The van der Waals surface area contributed by atoms with Crippen LogP contribution in [-0.2, 0) is 23.2 Å². The number of fused-ring (bicyclic) bond motifs is 2. The van der Waals surface area contributed by atoms with Gasteiger partial charge in [0.05, 0.1) is 18.2 Å². The van der Waals surface area contributed by atoms with Crippen molar-refractivity contribution < 1.29 is 4.74 Å². The van der Waals surface area contributed by atoms with E-state index in [1.165, 1.54) is 16.0 Å². The first-order valence-corrected chi connectivity index (χ1v) is 9.74. The summed E-state index contributed by atoms with van der Waals surface area (Å²) >= 11 is 1.67. The summed E-state index contributed by atoms with van der Waals surface area (Å²) in [5, 5.41) is 8.73. The van der Waals surface area contributed by atoms with Crippen molar-refractivity contribution in [3.8, 4) is 0 Å². The molecule has 4 rings (SSSR count). The predicted molar refractivity (Wildman–Crippen MR) is 111 cm³/mol. The fourth-order valence-electron chi connectivity index (χ4n) is 3.27. The summed E-state index contributed by atoms with van der Waals surface area (Å²) in [6.07, 6.45) is 3.40. The van der Waals surface area contributed by atoms with E-state index >= 15 is 0 Å². The molecule has 1 aliphatic rings. The van der Waals surface area contributed by atoms with Crippen molar-refractivity contribution in [3.63, 3.8) is 0 Å². The molecule has 0 amide bonds. The Labute approximate surface area is 162 Å². The van der Waals surface area contributed by atoms with Crippen LogP contribution in [0.25, 0.3) is 10.2 Å². The lowest BCUT2D eigenvalue weighted by Gasteiger charge is -2.21. The second-order valence-corrected chi connectivity index (χ2v) is 8.40. The van der Waals surface area contributed by atoms with Crippen molar-refractivity contribution >= 4 is 33.6 Å². The quantitative estimate of drug-likeness (QED) is 0.504. The number of anilines is 1. The van der Waals surface area contributed by atoms with Crippen LogP contribution in [0.2, 0.25) is 0 Å². The molecule has 1 aliphatic heterocycles. The number of nitrogens with zero attached hydrogens (tertiary/aromatic N) is 3. The molecule has 0 unspecified atom stereocenters. The number of hydrogen-bond acceptors (Lipinski definition) is 7. The molecule has 0 bridgehead atoms. The van der Waals surface area contributed by atoms with Crippen LogP contribution in [0.4, 0.5) is 5.82 Å². The van der Waals surface area contributed by atoms with Crippen LogP contribution in [-0.4, -0.2) is 29.9 Å². The zero-order chi connectivity index (χ0) is 18.9. The molecular weight excluding hydrogens is 358 g/mol. The topological polar surface area (TPSA) is 71.4 Å². The summed E-state index contributed by atoms with van der Waals surface area (Å²) in [6, 6.07) is 8.55. The van der Waals surface area contributed by atoms with Crippen LogP contribution in [0.3, 0.4) is 0 Å². The van der Waals surface area contributed by atoms with E-state index in [9.17, 15) is 0 Å². The van der Waals surface area contributed by atoms with E-state index in [0.29, 0.717) is 6.61 Å². The third kappa shape index (κ3) is 3.71. The first-order chi connectivity index (χ1) is 13.1. The van der Waals surface area contributed by atoms with E-state index in [-0.39, 0.29) is 5.41 Å². The highest BCUT2D eigenvalue weighted by molar-refractivity contribution is 7.18. The minimum atomic E-state index is -0.0703. The smallest absolute Gasteiger partial charge is 0.158 e. The number of benzene rings is 1. The van der Waals surface area contributed by atoms with Gasteiger partial charge < -0.3 is 10.1 Å². The molecule has 0 saturated heterocycles. The molecule has 140 valence electrons. The van der Waals surface area contributed by atoms with Gasteiger partial charge in [-0.2, -0.15) is 5.10 Å². The molecule has 0 atom stereocenters. The van der Waals surface area contributed by atoms with E-state index in [0.717, 1.165) is 34.7 Å². The Morgan fingerprint density at radius 3 is 2.96 bits per heavy atom. The highest BCUT2D eigenvalue weighted by atomic mass is 32.1. The fourth-order valence-corrected chi connectivity index (χ4v) is 4.36. The number of rotatable bonds is 6. The van der Waals surface area contributed by atoms with Gasteiger partial charge in [0, 0.05) is 30.5 Å². The summed E-state index contributed by atoms with van der Waals surface area (Å²) in [5.41, 5.74) is 6.78. The lowest BCUT2D eigenvalue weighted by atomic mass is 9.92. The summed E-state index contributed by atoms with van der Waals surface area (Å²) < 4.78 is 5.36. The number of methoxy groups -OCH3 is 1. The molecule has 2 N–H and O–H groups in total. The monoisotopic (exact) mass is 381 g/mol. The Morgan fingerprint density at radius 2 is 2.11 bits per heavy atom. The number of hydrazone groups is 1. The molecule has 1 aromatic carbocycles. The van der Waals surface area contributed by atoms with Crippen LogP contribution in [0.1, 0.15) is 35.4 Å². The van der Waals surface area contributed by atoms with Gasteiger partial charge in [0.25, 0.3) is 0 Å². The van der Waals surface area contributed by atoms with Crippen LogP contribution < -0.4 is 10.7 Å². The lowest BCUT2D eigenvalue weighted by molar-refractivity contribution is 0.148. The summed E-state index contributed by atoms with van der Waals surface area (Å²) in [6.45, 7) is 6.86. The molecule has 0 radical (unpaired) electrons. The third-order valence-electron chi connectivity index (χ3n) is 4.75. The Kier molecular flexibility index (Phi) is 4.90. The second kappa shape index (κ2) is 7.34. The first-order valence-electron chi connectivity index (χ1n) is 8.92. The van der Waals surface area contributed by atoms with Gasteiger partial charge in [-0.3, -0.25) is 5.43 Å². The van der Waals surface area contributed by atoms with Crippen LogP contribution in [0, 0.1) is 0 Å². The van der Waals surface area contributed by atoms with Crippen molar-refractivity contribution in [2.45, 2.75) is 32.4 Å². The number of thiophene rings is 1. The van der Waals surface area contributed by atoms with E-state index in [1.54, 1.807) is 24.8 Å². The molecule has 3 aromatic rings. The maximum atomic E-state index is 5.36. The van der Waals surface area contributed by atoms with Crippen molar-refractivity contribution in [2.24, 2.45) is 5.10 Å². The highest BCUT2D eigenvalue weighted by Crippen LogP contribution is 2.35. The highest BCUT2D eigenvalue weighted by Gasteiger charge is 2.24. The summed E-state index contributed by atoms with van der Waals surface area (Å²) in [7, 11) is 1.73. The van der Waals surface area contributed by atoms with Crippen molar-refractivity contribution in [1.29, 1.82) is 0 Å². The van der Waals surface area contributed by atoms with Gasteiger partial charge in [0.15, 0.2) is 5.82 Å². The Bertz CT molecular complexity index is 995. The third-order valence-corrected chi connectivity index (χ3v) is 6.16. The molecule has 2 aromatic heterocycles. The largest absolute Gasteiger partial charge is 0.384 e. The zero-order valence-electron chi connectivity index (χ0n) is 15.7. The van der Waals surface area contributed by atoms with E-state index < -0.39 is 0 Å². The van der Waals surface area contributed by atoms with E-state index in [1.807, 2.05) is 6.21 Å². The van der Waals surface area contributed by atoms with Gasteiger partial charge in [0.1, 0.15) is 11.2 Å². The molecule has 0 saturated carbocycles. The van der Waals surface area contributed by atoms with Gasteiger partial charge in [0.2, 0.25) is 0 Å². The van der Waals surface area contributed by atoms with Crippen LogP contribution >= 0.6 is 11.3 Å². The fraction of sp³-hybridized carbons (Fsp3) is 0.350. The molecular formula is C20H23N5OS. The average Bonchev–Trinajstić information content (AvgIpc) is 3.28. The average molecular weight is 382 g/mol. The SMILES string of the molecule is COCC(C)(C)c1cc2c(N/N=C/c3ccc4c(c3)CNC4)ncnc2s1. The molecule has 0 aliphatic carbocycles. The maximum absolute atomic E-state index is 5.36. The molecule has 7 heteroatoms. The van der Waals surface area contributed by atoms with Gasteiger partial charge in [-0.05, 0) is 28.8 Å². The molecule has 27 heavy (non-hydrogen) atoms. The lowest BCUT2D eigenvalue weighted by Crippen LogP contribution is -2.21. The van der Waals surface area contributed by atoms with Gasteiger partial charge in [-0.1, -0.05) is 26.0 Å².